The van der Waals surface area contributed by atoms with Gasteiger partial charge in [-0.05, 0) is 48.7 Å². The second kappa shape index (κ2) is 8.45. The highest BCUT2D eigenvalue weighted by Crippen LogP contribution is 2.21. The number of hydrogen-bond donors (Lipinski definition) is 1. The molecule has 1 atom stereocenters. The third kappa shape index (κ3) is 4.50. The lowest BCUT2D eigenvalue weighted by Gasteiger charge is -2.37. The number of urea groups is 1. The molecular formula is C21H26ClN3O. The molecule has 1 unspecified atom stereocenters. The minimum absolute atomic E-state index is 0.00886. The molecule has 1 aliphatic heterocycles. The van der Waals surface area contributed by atoms with Crippen LogP contribution in [-0.4, -0.2) is 37.1 Å². The van der Waals surface area contributed by atoms with E-state index in [0.29, 0.717) is 5.02 Å². The average molecular weight is 372 g/mol. The van der Waals surface area contributed by atoms with E-state index in [-0.39, 0.29) is 12.1 Å². The van der Waals surface area contributed by atoms with Crippen molar-refractivity contribution in [2.75, 3.05) is 31.1 Å². The van der Waals surface area contributed by atoms with Crippen molar-refractivity contribution in [3.63, 3.8) is 0 Å². The highest BCUT2D eigenvalue weighted by molar-refractivity contribution is 6.30. The highest BCUT2D eigenvalue weighted by Gasteiger charge is 2.23. The van der Waals surface area contributed by atoms with Gasteiger partial charge in [0.15, 0.2) is 0 Å². The van der Waals surface area contributed by atoms with Crippen LogP contribution in [0.3, 0.4) is 0 Å². The van der Waals surface area contributed by atoms with Gasteiger partial charge in [-0.1, -0.05) is 42.8 Å². The van der Waals surface area contributed by atoms with Crippen LogP contribution < -0.4 is 10.2 Å². The maximum Gasteiger partial charge on any atom is 0.318 e. The number of benzene rings is 2. The molecule has 1 fully saturated rings. The molecule has 2 aromatic rings. The first-order chi connectivity index (χ1) is 12.6. The van der Waals surface area contributed by atoms with Crippen LogP contribution in [0.15, 0.2) is 48.5 Å². The molecule has 1 heterocycles. The highest BCUT2D eigenvalue weighted by atomic mass is 35.5. The third-order valence-corrected chi connectivity index (χ3v) is 5.16. The van der Waals surface area contributed by atoms with Gasteiger partial charge in [0.1, 0.15) is 0 Å². The molecule has 2 amide bonds. The number of carbonyl (C=O) groups is 1. The number of amides is 2. The summed E-state index contributed by atoms with van der Waals surface area (Å²) in [5, 5.41) is 3.87. The van der Waals surface area contributed by atoms with E-state index in [2.05, 4.69) is 48.3 Å². The minimum Gasteiger partial charge on any atom is -0.368 e. The fraction of sp³-hybridized carbons (Fsp3) is 0.381. The zero-order chi connectivity index (χ0) is 18.5. The Bertz CT molecular complexity index is 739. The average Bonchev–Trinajstić information content (AvgIpc) is 2.67. The van der Waals surface area contributed by atoms with Crippen LogP contribution in [0.4, 0.5) is 10.5 Å². The summed E-state index contributed by atoms with van der Waals surface area (Å²) in [4.78, 5) is 16.9. The minimum atomic E-state index is 0.00886. The van der Waals surface area contributed by atoms with Gasteiger partial charge < -0.3 is 15.1 Å². The number of carbonyl (C=O) groups excluding carboxylic acids is 1. The number of nitrogens with one attached hydrogen (secondary N) is 1. The van der Waals surface area contributed by atoms with Gasteiger partial charge in [-0.15, -0.1) is 0 Å². The Morgan fingerprint density at radius 2 is 1.81 bits per heavy atom. The van der Waals surface area contributed by atoms with E-state index in [0.717, 1.165) is 38.2 Å². The lowest BCUT2D eigenvalue weighted by atomic mass is 10.1. The second-order valence-corrected chi connectivity index (χ2v) is 7.21. The summed E-state index contributed by atoms with van der Waals surface area (Å²) in [5.41, 5.74) is 3.58. The molecule has 1 saturated heterocycles. The first-order valence-corrected chi connectivity index (χ1v) is 9.57. The molecule has 2 aromatic carbocycles. The fourth-order valence-corrected chi connectivity index (χ4v) is 3.47. The van der Waals surface area contributed by atoms with Crippen LogP contribution in [-0.2, 0) is 0 Å². The maximum absolute atomic E-state index is 12.7. The molecular weight excluding hydrogens is 346 g/mol. The number of hydrogen-bond acceptors (Lipinski definition) is 2. The number of nitrogens with zero attached hydrogens (tertiary/aromatic N) is 2. The Morgan fingerprint density at radius 3 is 2.42 bits per heavy atom. The second-order valence-electron chi connectivity index (χ2n) is 6.77. The van der Waals surface area contributed by atoms with Crippen molar-refractivity contribution < 1.29 is 4.79 Å². The Morgan fingerprint density at radius 1 is 1.12 bits per heavy atom. The van der Waals surface area contributed by atoms with Crippen LogP contribution in [0.5, 0.6) is 0 Å². The number of aryl methyl sites for hydroxylation is 1. The molecule has 0 saturated carbocycles. The monoisotopic (exact) mass is 371 g/mol. The van der Waals surface area contributed by atoms with Crippen LogP contribution in [0.25, 0.3) is 0 Å². The van der Waals surface area contributed by atoms with Crippen molar-refractivity contribution in [2.24, 2.45) is 0 Å². The largest absolute Gasteiger partial charge is 0.368 e. The van der Waals surface area contributed by atoms with E-state index in [9.17, 15) is 4.79 Å². The molecule has 0 aliphatic carbocycles. The summed E-state index contributed by atoms with van der Waals surface area (Å²) < 4.78 is 0. The summed E-state index contributed by atoms with van der Waals surface area (Å²) in [7, 11) is 0. The molecule has 5 heteroatoms. The lowest BCUT2D eigenvalue weighted by Crippen LogP contribution is -2.52. The van der Waals surface area contributed by atoms with Crippen molar-refractivity contribution in [3.8, 4) is 0 Å². The molecule has 3 rings (SSSR count). The molecule has 0 aromatic heterocycles. The van der Waals surface area contributed by atoms with Gasteiger partial charge in [0.25, 0.3) is 0 Å². The number of halogens is 1. The smallest absolute Gasteiger partial charge is 0.318 e. The van der Waals surface area contributed by atoms with Crippen molar-refractivity contribution in [1.29, 1.82) is 0 Å². The van der Waals surface area contributed by atoms with Gasteiger partial charge >= 0.3 is 6.03 Å². The summed E-state index contributed by atoms with van der Waals surface area (Å²) >= 11 is 5.96. The predicted octanol–water partition coefficient (Wildman–Crippen LogP) is 4.63. The van der Waals surface area contributed by atoms with E-state index in [1.807, 2.05) is 29.2 Å². The number of piperazine rings is 1. The molecule has 26 heavy (non-hydrogen) atoms. The summed E-state index contributed by atoms with van der Waals surface area (Å²) in [6.45, 7) is 7.36. The van der Waals surface area contributed by atoms with Crippen LogP contribution in [0.2, 0.25) is 5.02 Å². The van der Waals surface area contributed by atoms with Gasteiger partial charge in [-0.25, -0.2) is 4.79 Å². The van der Waals surface area contributed by atoms with E-state index in [1.54, 1.807) is 0 Å². The van der Waals surface area contributed by atoms with Gasteiger partial charge in [-0.3, -0.25) is 0 Å². The van der Waals surface area contributed by atoms with E-state index in [4.69, 9.17) is 11.6 Å². The summed E-state index contributed by atoms with van der Waals surface area (Å²) in [6.07, 6.45) is 0.844. The van der Waals surface area contributed by atoms with Gasteiger partial charge in [-0.2, -0.15) is 0 Å². The van der Waals surface area contributed by atoms with Crippen molar-refractivity contribution in [2.45, 2.75) is 26.3 Å². The molecule has 0 spiro atoms. The van der Waals surface area contributed by atoms with Crippen molar-refractivity contribution in [3.05, 3.63) is 64.7 Å². The van der Waals surface area contributed by atoms with Gasteiger partial charge in [0, 0.05) is 36.9 Å². The zero-order valence-corrected chi connectivity index (χ0v) is 16.2. The normalized spacial score (nSPS) is 15.7. The lowest BCUT2D eigenvalue weighted by molar-refractivity contribution is 0.190. The number of anilines is 1. The zero-order valence-electron chi connectivity index (χ0n) is 15.4. The van der Waals surface area contributed by atoms with Crippen LogP contribution in [0, 0.1) is 6.92 Å². The molecule has 0 bridgehead atoms. The molecule has 4 nitrogen and oxygen atoms in total. The van der Waals surface area contributed by atoms with Gasteiger partial charge in [0.05, 0.1) is 6.04 Å². The van der Waals surface area contributed by atoms with Crippen molar-refractivity contribution in [1.82, 2.24) is 10.2 Å². The number of rotatable bonds is 4. The van der Waals surface area contributed by atoms with E-state index >= 15 is 0 Å². The Balaban J connectivity index is 1.56. The Labute approximate surface area is 160 Å². The molecule has 0 radical (unpaired) electrons. The summed E-state index contributed by atoms with van der Waals surface area (Å²) in [5.74, 6) is 0. The molecule has 1 N–H and O–H groups in total. The van der Waals surface area contributed by atoms with Crippen LogP contribution >= 0.6 is 11.6 Å². The Hall–Kier alpha value is -2.20. The van der Waals surface area contributed by atoms with Crippen LogP contribution in [0.1, 0.15) is 30.5 Å². The SMILES string of the molecule is CCC(NC(=O)N1CCN(c2cccc(C)c2)CC1)c1ccc(Cl)cc1. The topological polar surface area (TPSA) is 35.6 Å². The third-order valence-electron chi connectivity index (χ3n) is 4.91. The van der Waals surface area contributed by atoms with Crippen molar-refractivity contribution >= 4 is 23.3 Å². The maximum atomic E-state index is 12.7. The fourth-order valence-electron chi connectivity index (χ4n) is 3.35. The first-order valence-electron chi connectivity index (χ1n) is 9.19. The standard InChI is InChI=1S/C21H26ClN3O/c1-3-20(17-7-9-18(22)10-8-17)23-21(26)25-13-11-24(12-14-25)19-6-4-5-16(2)15-19/h4-10,15,20H,3,11-14H2,1-2H3,(H,23,26). The molecule has 138 valence electrons. The molecule has 1 aliphatic rings. The summed E-state index contributed by atoms with van der Waals surface area (Å²) in [6, 6.07) is 16.2. The van der Waals surface area contributed by atoms with E-state index < -0.39 is 0 Å². The quantitative estimate of drug-likeness (QED) is 0.850. The Kier molecular flexibility index (Phi) is 6.04. The van der Waals surface area contributed by atoms with E-state index in [1.165, 1.54) is 11.3 Å². The first kappa shape index (κ1) is 18.6. The predicted molar refractivity (Wildman–Crippen MR) is 108 cm³/mol. The van der Waals surface area contributed by atoms with Gasteiger partial charge in [0.2, 0.25) is 0 Å².